The number of hydrogen-bond acceptors (Lipinski definition) is 5. The van der Waals surface area contributed by atoms with E-state index in [2.05, 4.69) is 0 Å². The third-order valence-corrected chi connectivity index (χ3v) is 5.74. The topological polar surface area (TPSA) is 72.9 Å². The molecule has 0 aliphatic carbocycles. The lowest BCUT2D eigenvalue weighted by molar-refractivity contribution is -0.140. The van der Waals surface area contributed by atoms with Gasteiger partial charge >= 0.3 is 11.9 Å². The molecule has 0 unspecified atom stereocenters. The summed E-state index contributed by atoms with van der Waals surface area (Å²) in [5.41, 5.74) is -0.0692. The highest BCUT2D eigenvalue weighted by Crippen LogP contribution is 2.29. The van der Waals surface area contributed by atoms with Crippen molar-refractivity contribution in [2.24, 2.45) is 5.92 Å². The molecule has 0 bridgehead atoms. The first-order valence-electron chi connectivity index (χ1n) is 10.4. The summed E-state index contributed by atoms with van der Waals surface area (Å²) in [6.45, 7) is 0.438. The van der Waals surface area contributed by atoms with E-state index < -0.39 is 35.4 Å². The van der Waals surface area contributed by atoms with Gasteiger partial charge in [-0.15, -0.1) is 0 Å². The van der Waals surface area contributed by atoms with E-state index in [9.17, 15) is 23.2 Å². The molecule has 1 fully saturated rings. The molecule has 1 heterocycles. The van der Waals surface area contributed by atoms with E-state index in [0.717, 1.165) is 22.9 Å². The minimum atomic E-state index is -0.923. The fraction of sp³-hybridized carbons (Fsp3) is 0.240. The zero-order chi connectivity index (χ0) is 23.5. The highest BCUT2D eigenvalue weighted by molar-refractivity contribution is 5.99. The van der Waals surface area contributed by atoms with Crippen LogP contribution in [0.15, 0.2) is 54.6 Å². The Kier molecular flexibility index (Phi) is 6.35. The first-order valence-corrected chi connectivity index (χ1v) is 10.4. The van der Waals surface area contributed by atoms with Crippen molar-refractivity contribution in [3.63, 3.8) is 0 Å². The average Bonchev–Trinajstić information content (AvgIpc) is 2.82. The molecule has 0 saturated carbocycles. The summed E-state index contributed by atoms with van der Waals surface area (Å²) in [4.78, 5) is 39.0. The predicted octanol–water partition coefficient (Wildman–Crippen LogP) is 4.36. The Balaban J connectivity index is 1.46. The minimum Gasteiger partial charge on any atom is -0.465 e. The molecule has 3 aromatic rings. The molecule has 1 aliphatic rings. The Morgan fingerprint density at radius 3 is 2.21 bits per heavy atom. The summed E-state index contributed by atoms with van der Waals surface area (Å²) < 4.78 is 37.5. The number of fused-ring (bicyclic) bond motifs is 1. The van der Waals surface area contributed by atoms with Crippen LogP contribution in [0.25, 0.3) is 10.8 Å². The number of benzene rings is 3. The number of halogens is 2. The molecule has 0 atom stereocenters. The lowest BCUT2D eigenvalue weighted by Gasteiger charge is -2.31. The van der Waals surface area contributed by atoms with E-state index in [4.69, 9.17) is 9.47 Å². The number of esters is 2. The van der Waals surface area contributed by atoms with E-state index >= 15 is 0 Å². The van der Waals surface area contributed by atoms with Gasteiger partial charge in [-0.05, 0) is 47.9 Å². The lowest BCUT2D eigenvalue weighted by Crippen LogP contribution is -2.41. The normalized spacial score (nSPS) is 14.2. The Bertz CT molecular complexity index is 1230. The van der Waals surface area contributed by atoms with Crippen LogP contribution >= 0.6 is 0 Å². The number of ether oxygens (including phenoxy) is 2. The van der Waals surface area contributed by atoms with Crippen LogP contribution < -0.4 is 4.74 Å². The fourth-order valence-corrected chi connectivity index (χ4v) is 3.92. The zero-order valence-electron chi connectivity index (χ0n) is 17.8. The minimum absolute atomic E-state index is 0.109. The van der Waals surface area contributed by atoms with Crippen LogP contribution in [0.1, 0.15) is 33.6 Å². The molecule has 170 valence electrons. The molecule has 3 aromatic carbocycles. The number of carbonyl (C=O) groups is 3. The predicted molar refractivity (Wildman–Crippen MR) is 116 cm³/mol. The monoisotopic (exact) mass is 453 g/mol. The van der Waals surface area contributed by atoms with E-state index in [-0.39, 0.29) is 30.0 Å². The molecule has 0 radical (unpaired) electrons. The van der Waals surface area contributed by atoms with Crippen molar-refractivity contribution in [2.75, 3.05) is 20.2 Å². The average molecular weight is 453 g/mol. The van der Waals surface area contributed by atoms with Gasteiger partial charge < -0.3 is 14.4 Å². The maximum Gasteiger partial charge on any atom is 0.341 e. The molecule has 1 amide bonds. The van der Waals surface area contributed by atoms with Gasteiger partial charge in [0, 0.05) is 19.2 Å². The van der Waals surface area contributed by atoms with Crippen LogP contribution in [0.2, 0.25) is 0 Å². The maximum atomic E-state index is 13.9. The summed E-state index contributed by atoms with van der Waals surface area (Å²) >= 11 is 0. The molecule has 33 heavy (non-hydrogen) atoms. The molecule has 4 rings (SSSR count). The second kappa shape index (κ2) is 9.36. The number of piperidine rings is 1. The van der Waals surface area contributed by atoms with Crippen molar-refractivity contribution in [3.8, 4) is 5.75 Å². The summed E-state index contributed by atoms with van der Waals surface area (Å²) in [7, 11) is 1.25. The van der Waals surface area contributed by atoms with Crippen LogP contribution in [-0.2, 0) is 9.53 Å². The molecule has 0 spiro atoms. The van der Waals surface area contributed by atoms with Crippen molar-refractivity contribution in [1.82, 2.24) is 4.90 Å². The first-order chi connectivity index (χ1) is 15.9. The van der Waals surface area contributed by atoms with Crippen molar-refractivity contribution >= 4 is 28.6 Å². The van der Waals surface area contributed by atoms with E-state index in [1.807, 2.05) is 24.3 Å². The first kappa shape index (κ1) is 22.4. The number of nitrogens with zero attached hydrogens (tertiary/aromatic N) is 1. The largest absolute Gasteiger partial charge is 0.465 e. The Morgan fingerprint density at radius 2 is 1.58 bits per heavy atom. The van der Waals surface area contributed by atoms with Gasteiger partial charge in [0.1, 0.15) is 22.9 Å². The third-order valence-electron chi connectivity index (χ3n) is 5.74. The van der Waals surface area contributed by atoms with Gasteiger partial charge in [-0.1, -0.05) is 24.3 Å². The highest BCUT2D eigenvalue weighted by atomic mass is 19.1. The van der Waals surface area contributed by atoms with Crippen molar-refractivity contribution in [2.45, 2.75) is 12.8 Å². The van der Waals surface area contributed by atoms with Gasteiger partial charge in [0.15, 0.2) is 0 Å². The van der Waals surface area contributed by atoms with Crippen molar-refractivity contribution in [1.29, 1.82) is 0 Å². The smallest absolute Gasteiger partial charge is 0.341 e. The number of hydrogen-bond donors (Lipinski definition) is 0. The highest BCUT2D eigenvalue weighted by Gasteiger charge is 2.31. The molecular weight excluding hydrogens is 432 g/mol. The zero-order valence-corrected chi connectivity index (χ0v) is 17.8. The maximum absolute atomic E-state index is 13.9. The van der Waals surface area contributed by atoms with Gasteiger partial charge in [0.05, 0.1) is 18.6 Å². The fourth-order valence-electron chi connectivity index (χ4n) is 3.92. The molecule has 6 nitrogen and oxygen atoms in total. The number of likely N-dealkylation sites (tertiary alicyclic amines) is 1. The Labute approximate surface area is 188 Å². The van der Waals surface area contributed by atoms with Gasteiger partial charge in [-0.3, -0.25) is 9.59 Å². The van der Waals surface area contributed by atoms with Gasteiger partial charge in [-0.2, -0.15) is 0 Å². The number of amides is 1. The number of carbonyl (C=O) groups excluding carboxylic acids is 3. The van der Waals surface area contributed by atoms with Crippen LogP contribution in [0.4, 0.5) is 8.78 Å². The Morgan fingerprint density at radius 1 is 0.909 bits per heavy atom. The number of rotatable bonds is 4. The number of methoxy groups -OCH3 is 1. The van der Waals surface area contributed by atoms with Gasteiger partial charge in [0.2, 0.25) is 0 Å². The summed E-state index contributed by atoms with van der Waals surface area (Å²) in [5.74, 6) is -3.76. The molecular formula is C25H21F2NO5. The second-order valence-corrected chi connectivity index (χ2v) is 7.80. The molecule has 0 N–H and O–H groups in total. The molecule has 0 aromatic heterocycles. The van der Waals surface area contributed by atoms with Crippen molar-refractivity contribution in [3.05, 3.63) is 77.4 Å². The van der Waals surface area contributed by atoms with Gasteiger partial charge in [0.25, 0.3) is 5.91 Å². The van der Waals surface area contributed by atoms with Gasteiger partial charge in [-0.25, -0.2) is 13.6 Å². The van der Waals surface area contributed by atoms with Crippen molar-refractivity contribution < 1.29 is 32.6 Å². The van der Waals surface area contributed by atoms with Crippen LogP contribution in [0, 0.1) is 17.6 Å². The Hall–Kier alpha value is -3.81. The second-order valence-electron chi connectivity index (χ2n) is 7.80. The summed E-state index contributed by atoms with van der Waals surface area (Å²) in [6.07, 6.45) is 0.628. The molecule has 8 heteroatoms. The van der Waals surface area contributed by atoms with Crippen LogP contribution in [0.3, 0.4) is 0 Å². The lowest BCUT2D eigenvalue weighted by atomic mass is 9.96. The molecule has 1 saturated heterocycles. The van der Waals surface area contributed by atoms with Crippen LogP contribution in [-0.4, -0.2) is 42.9 Å². The SMILES string of the molecule is COC(=O)c1cc2ccccc2cc1OC(=O)C1CCN(C(=O)c2ccc(F)cc2F)CC1. The van der Waals surface area contributed by atoms with E-state index in [1.54, 1.807) is 12.1 Å². The van der Waals surface area contributed by atoms with E-state index in [1.165, 1.54) is 12.0 Å². The quantitative estimate of drug-likeness (QED) is 0.434. The van der Waals surface area contributed by atoms with Crippen LogP contribution in [0.5, 0.6) is 5.75 Å². The third kappa shape index (κ3) is 4.69. The van der Waals surface area contributed by atoms with E-state index in [0.29, 0.717) is 18.9 Å². The summed E-state index contributed by atoms with van der Waals surface area (Å²) in [6, 6.07) is 13.4. The summed E-state index contributed by atoms with van der Waals surface area (Å²) in [5, 5.41) is 1.60. The standard InChI is InChI=1S/C25H21F2NO5/c1-32-25(31)20-12-16-4-2-3-5-17(16)13-22(20)33-24(30)15-8-10-28(11-9-15)23(29)19-7-6-18(26)14-21(19)27/h2-7,12-15H,8-11H2,1H3. The molecule has 1 aliphatic heterocycles.